The van der Waals surface area contributed by atoms with Crippen molar-refractivity contribution in [3.8, 4) is 0 Å². The summed E-state index contributed by atoms with van der Waals surface area (Å²) in [5, 5.41) is 6.44. The predicted molar refractivity (Wildman–Crippen MR) is 125 cm³/mol. The number of aryl methyl sites for hydroxylation is 1. The van der Waals surface area contributed by atoms with E-state index >= 15 is 0 Å². The average molecular weight is 463 g/mol. The molecule has 1 saturated carbocycles. The van der Waals surface area contributed by atoms with Gasteiger partial charge in [0.1, 0.15) is 4.83 Å². The van der Waals surface area contributed by atoms with Gasteiger partial charge < -0.3 is 5.32 Å². The number of amides is 3. The van der Waals surface area contributed by atoms with Crippen molar-refractivity contribution in [1.29, 1.82) is 0 Å². The maximum absolute atomic E-state index is 13.5. The molecule has 0 spiro atoms. The Kier molecular flexibility index (Phi) is 6.71. The third kappa shape index (κ3) is 5.31. The lowest BCUT2D eigenvalue weighted by molar-refractivity contribution is -0.117. The number of aromatic nitrogens is 2. The van der Waals surface area contributed by atoms with Crippen LogP contribution in [0.2, 0.25) is 0 Å². The van der Waals surface area contributed by atoms with Crippen molar-refractivity contribution < 1.29 is 9.59 Å². The van der Waals surface area contributed by atoms with Crippen LogP contribution in [-0.2, 0) is 24.2 Å². The highest BCUT2D eigenvalue weighted by molar-refractivity contribution is 7.99. The summed E-state index contributed by atoms with van der Waals surface area (Å²) < 4.78 is 1.73. The number of nitrogens with zero attached hydrogens (tertiary/aromatic N) is 2. The Labute approximate surface area is 190 Å². The largest absolute Gasteiger partial charge is 0.335 e. The van der Waals surface area contributed by atoms with Crippen LogP contribution in [0.4, 0.5) is 4.79 Å². The van der Waals surface area contributed by atoms with Gasteiger partial charge >= 0.3 is 6.03 Å². The molecular weight excluding hydrogens is 432 g/mol. The van der Waals surface area contributed by atoms with E-state index in [1.807, 2.05) is 0 Å². The Bertz CT molecular complexity index is 1060. The van der Waals surface area contributed by atoms with Gasteiger partial charge in [0.2, 0.25) is 5.91 Å². The molecule has 0 saturated heterocycles. The Morgan fingerprint density at radius 3 is 2.77 bits per heavy atom. The molecule has 0 aromatic carbocycles. The number of thiophene rings is 1. The van der Waals surface area contributed by atoms with Crippen LogP contribution in [0.15, 0.2) is 9.95 Å². The molecule has 9 heteroatoms. The number of thioether (sulfide) groups is 1. The van der Waals surface area contributed by atoms with Gasteiger partial charge in [-0.05, 0) is 55.9 Å². The minimum Gasteiger partial charge on any atom is -0.335 e. The van der Waals surface area contributed by atoms with Gasteiger partial charge in [0.05, 0.1) is 11.1 Å². The molecule has 2 aromatic rings. The number of hydrogen-bond acceptors (Lipinski definition) is 6. The van der Waals surface area contributed by atoms with Crippen molar-refractivity contribution in [3.63, 3.8) is 0 Å². The van der Waals surface area contributed by atoms with E-state index in [0.29, 0.717) is 23.5 Å². The average Bonchev–Trinajstić information content (AvgIpc) is 3.43. The van der Waals surface area contributed by atoms with Crippen LogP contribution in [0.3, 0.4) is 0 Å². The van der Waals surface area contributed by atoms with Crippen LogP contribution in [0.25, 0.3) is 10.2 Å². The van der Waals surface area contributed by atoms with Gasteiger partial charge in [-0.1, -0.05) is 32.5 Å². The van der Waals surface area contributed by atoms with Crippen LogP contribution < -0.4 is 16.2 Å². The molecule has 2 aliphatic rings. The molecule has 1 fully saturated rings. The fourth-order valence-corrected chi connectivity index (χ4v) is 6.09. The molecule has 0 aliphatic heterocycles. The summed E-state index contributed by atoms with van der Waals surface area (Å²) in [5.74, 6) is 0.738. The fraction of sp³-hybridized carbons (Fsp3) is 0.636. The van der Waals surface area contributed by atoms with E-state index in [4.69, 9.17) is 4.98 Å². The van der Waals surface area contributed by atoms with Gasteiger partial charge in [0.25, 0.3) is 5.56 Å². The Morgan fingerprint density at radius 1 is 1.29 bits per heavy atom. The first kappa shape index (κ1) is 22.3. The van der Waals surface area contributed by atoms with Gasteiger partial charge in [-0.15, -0.1) is 11.3 Å². The zero-order chi connectivity index (χ0) is 22.1. The SMILES string of the molecule is CC(C)CCn1c(SCC(=O)NC(=O)NC2CC2)nc2sc3c(c2c1=O)CCC(C)C3. The molecule has 2 heterocycles. The molecule has 168 valence electrons. The van der Waals surface area contributed by atoms with Gasteiger partial charge in [-0.25, -0.2) is 9.78 Å². The highest BCUT2D eigenvalue weighted by Gasteiger charge is 2.26. The standard InChI is InChI=1S/C22H30N4O3S2/c1-12(2)8-9-26-20(28)18-15-7-4-13(3)10-16(15)31-19(18)25-22(26)30-11-17(27)24-21(29)23-14-5-6-14/h12-14H,4-11H2,1-3H3,(H2,23,24,27,29). The van der Waals surface area contributed by atoms with Crippen molar-refractivity contribution in [3.05, 3.63) is 20.8 Å². The normalized spacial score (nSPS) is 18.3. The van der Waals surface area contributed by atoms with Crippen molar-refractivity contribution in [2.75, 3.05) is 5.75 Å². The monoisotopic (exact) mass is 462 g/mol. The van der Waals surface area contributed by atoms with E-state index in [1.54, 1.807) is 15.9 Å². The minimum absolute atomic E-state index is 0.00656. The van der Waals surface area contributed by atoms with Crippen molar-refractivity contribution in [2.24, 2.45) is 11.8 Å². The second-order valence-electron chi connectivity index (χ2n) is 9.15. The lowest BCUT2D eigenvalue weighted by atomic mass is 9.89. The smallest absolute Gasteiger partial charge is 0.321 e. The number of carbonyl (C=O) groups excluding carboxylic acids is 2. The molecule has 7 nitrogen and oxygen atoms in total. The first-order chi connectivity index (χ1) is 14.8. The first-order valence-corrected chi connectivity index (χ1v) is 12.9. The quantitative estimate of drug-likeness (QED) is 0.483. The van der Waals surface area contributed by atoms with Gasteiger partial charge in [0.15, 0.2) is 5.16 Å². The van der Waals surface area contributed by atoms with Crippen molar-refractivity contribution in [2.45, 2.75) is 77.0 Å². The summed E-state index contributed by atoms with van der Waals surface area (Å²) in [6.07, 6.45) is 5.83. The third-order valence-electron chi connectivity index (χ3n) is 5.81. The summed E-state index contributed by atoms with van der Waals surface area (Å²) in [7, 11) is 0. The molecule has 1 unspecified atom stereocenters. The Hall–Kier alpha value is -1.87. The summed E-state index contributed by atoms with van der Waals surface area (Å²) in [6.45, 7) is 7.08. The van der Waals surface area contributed by atoms with E-state index in [0.717, 1.165) is 48.7 Å². The van der Waals surface area contributed by atoms with Gasteiger partial charge in [-0.2, -0.15) is 0 Å². The molecular formula is C22H30N4O3S2. The highest BCUT2D eigenvalue weighted by Crippen LogP contribution is 2.36. The summed E-state index contributed by atoms with van der Waals surface area (Å²) in [4.78, 5) is 44.4. The lowest BCUT2D eigenvalue weighted by Crippen LogP contribution is -2.41. The maximum Gasteiger partial charge on any atom is 0.321 e. The van der Waals surface area contributed by atoms with E-state index in [9.17, 15) is 14.4 Å². The van der Waals surface area contributed by atoms with Crippen LogP contribution in [0.1, 0.15) is 56.9 Å². The van der Waals surface area contributed by atoms with E-state index in [2.05, 4.69) is 31.4 Å². The number of nitrogens with one attached hydrogen (secondary N) is 2. The second kappa shape index (κ2) is 9.32. The zero-order valence-corrected chi connectivity index (χ0v) is 20.0. The number of fused-ring (bicyclic) bond motifs is 3. The first-order valence-electron chi connectivity index (χ1n) is 11.1. The summed E-state index contributed by atoms with van der Waals surface area (Å²) >= 11 is 2.85. The van der Waals surface area contributed by atoms with Crippen LogP contribution in [-0.4, -0.2) is 33.3 Å². The minimum atomic E-state index is -0.450. The molecule has 31 heavy (non-hydrogen) atoms. The Balaban J connectivity index is 1.58. The molecule has 4 rings (SSSR count). The molecule has 1 atom stereocenters. The van der Waals surface area contributed by atoms with Gasteiger partial charge in [-0.3, -0.25) is 19.5 Å². The predicted octanol–water partition coefficient (Wildman–Crippen LogP) is 3.71. The van der Waals surface area contributed by atoms with Crippen molar-refractivity contribution in [1.82, 2.24) is 20.2 Å². The third-order valence-corrected chi connectivity index (χ3v) is 7.93. The highest BCUT2D eigenvalue weighted by atomic mass is 32.2. The summed E-state index contributed by atoms with van der Waals surface area (Å²) in [5.41, 5.74) is 1.19. The van der Waals surface area contributed by atoms with Crippen LogP contribution >= 0.6 is 23.1 Å². The van der Waals surface area contributed by atoms with E-state index in [-0.39, 0.29) is 23.3 Å². The molecule has 2 aromatic heterocycles. The summed E-state index contributed by atoms with van der Waals surface area (Å²) in [6, 6.07) is -0.257. The number of carbonyl (C=O) groups is 2. The van der Waals surface area contributed by atoms with Crippen LogP contribution in [0, 0.1) is 11.8 Å². The van der Waals surface area contributed by atoms with Crippen molar-refractivity contribution >= 4 is 45.3 Å². The van der Waals surface area contributed by atoms with E-state index in [1.165, 1.54) is 22.2 Å². The lowest BCUT2D eigenvalue weighted by Gasteiger charge is -2.18. The topological polar surface area (TPSA) is 93.1 Å². The molecule has 2 aliphatic carbocycles. The van der Waals surface area contributed by atoms with E-state index < -0.39 is 6.03 Å². The maximum atomic E-state index is 13.5. The molecule has 0 radical (unpaired) electrons. The number of imide groups is 1. The second-order valence-corrected chi connectivity index (χ2v) is 11.2. The number of rotatable bonds is 7. The molecule has 3 amide bonds. The molecule has 2 N–H and O–H groups in total. The Morgan fingerprint density at radius 2 is 2.06 bits per heavy atom. The van der Waals surface area contributed by atoms with Crippen LogP contribution in [0.5, 0.6) is 0 Å². The number of urea groups is 1. The zero-order valence-electron chi connectivity index (χ0n) is 18.3. The molecule has 0 bridgehead atoms. The van der Waals surface area contributed by atoms with Gasteiger partial charge in [0, 0.05) is 17.5 Å². The number of hydrogen-bond donors (Lipinski definition) is 2. The fourth-order valence-electron chi connectivity index (χ4n) is 3.84.